The first-order valence-electron chi connectivity index (χ1n) is 12.5. The van der Waals surface area contributed by atoms with Crippen LogP contribution in [0.3, 0.4) is 0 Å². The van der Waals surface area contributed by atoms with E-state index in [1.807, 2.05) is 0 Å². The topological polar surface area (TPSA) is 0 Å². The fourth-order valence-electron chi connectivity index (χ4n) is 6.26. The summed E-state index contributed by atoms with van der Waals surface area (Å²) in [4.78, 5) is 0. The van der Waals surface area contributed by atoms with Crippen LogP contribution in [-0.2, 0) is 0 Å². The van der Waals surface area contributed by atoms with Gasteiger partial charge in [0.15, 0.2) is 0 Å². The zero-order valence-corrected chi connectivity index (χ0v) is 19.7. The molecule has 0 heterocycles. The van der Waals surface area contributed by atoms with Crippen molar-refractivity contribution in [3.8, 4) is 22.3 Å². The normalized spacial score (nSPS) is 11.9. The van der Waals surface area contributed by atoms with Crippen LogP contribution in [0.15, 0.2) is 133 Å². The molecule has 0 atom stereocenters. The lowest BCUT2D eigenvalue weighted by Crippen LogP contribution is -1.92. The number of benzene rings is 8. The minimum absolute atomic E-state index is 1.25. The van der Waals surface area contributed by atoms with Gasteiger partial charge >= 0.3 is 0 Å². The smallest absolute Gasteiger partial charge is 0.00139 e. The Morgan fingerprint density at radius 2 is 0.778 bits per heavy atom. The minimum Gasteiger partial charge on any atom is -0.0622 e. The third kappa shape index (κ3) is 2.64. The van der Waals surface area contributed by atoms with Gasteiger partial charge in [-0.25, -0.2) is 0 Å². The highest BCUT2D eigenvalue weighted by Crippen LogP contribution is 2.47. The largest absolute Gasteiger partial charge is 0.0622 e. The van der Waals surface area contributed by atoms with Gasteiger partial charge in [-0.1, -0.05) is 127 Å². The standard InChI is InChI=1S/C36H22/c1-3-10-23(11-4-1)27-18-20-31-30-17-9-16-29-26-15-8-7-14-25(26)22-33(34(29)30)32-21-19-28(35(27)36(31)32)24-12-5-2-6-13-24/h1-22H. The molecule has 8 aromatic carbocycles. The predicted octanol–water partition coefficient (Wildman–Crippen LogP) is 10.2. The first kappa shape index (κ1) is 19.6. The van der Waals surface area contributed by atoms with Crippen LogP contribution in [0.1, 0.15) is 0 Å². The summed E-state index contributed by atoms with van der Waals surface area (Å²) in [7, 11) is 0. The van der Waals surface area contributed by atoms with Gasteiger partial charge in [-0.15, -0.1) is 0 Å². The van der Waals surface area contributed by atoms with Crippen molar-refractivity contribution in [2.24, 2.45) is 0 Å². The lowest BCUT2D eigenvalue weighted by molar-refractivity contribution is 1.64. The van der Waals surface area contributed by atoms with Gasteiger partial charge in [0.1, 0.15) is 0 Å². The molecule has 0 bridgehead atoms. The van der Waals surface area contributed by atoms with Crippen molar-refractivity contribution in [2.45, 2.75) is 0 Å². The Morgan fingerprint density at radius 3 is 1.44 bits per heavy atom. The molecule has 0 nitrogen and oxygen atoms in total. The molecule has 0 saturated heterocycles. The molecule has 0 heteroatoms. The van der Waals surface area contributed by atoms with E-state index in [1.54, 1.807) is 0 Å². The van der Waals surface area contributed by atoms with E-state index >= 15 is 0 Å². The van der Waals surface area contributed by atoms with Crippen LogP contribution < -0.4 is 0 Å². The van der Waals surface area contributed by atoms with Crippen LogP contribution in [-0.4, -0.2) is 0 Å². The Balaban J connectivity index is 1.66. The molecule has 0 aromatic heterocycles. The van der Waals surface area contributed by atoms with Crippen molar-refractivity contribution in [2.75, 3.05) is 0 Å². The summed E-state index contributed by atoms with van der Waals surface area (Å²) in [5, 5.41) is 13.3. The molecule has 0 saturated carbocycles. The van der Waals surface area contributed by atoms with Crippen LogP contribution in [0.4, 0.5) is 0 Å². The Kier molecular flexibility index (Phi) is 4.03. The van der Waals surface area contributed by atoms with E-state index in [1.165, 1.54) is 76.1 Å². The summed E-state index contributed by atoms with van der Waals surface area (Å²) < 4.78 is 0. The summed E-state index contributed by atoms with van der Waals surface area (Å²) in [6, 6.07) is 49.0. The molecule has 0 N–H and O–H groups in total. The number of hydrogen-bond acceptors (Lipinski definition) is 0. The molecule has 0 aliphatic heterocycles. The third-order valence-corrected chi connectivity index (χ3v) is 7.80. The summed E-state index contributed by atoms with van der Waals surface area (Å²) >= 11 is 0. The monoisotopic (exact) mass is 454 g/mol. The maximum Gasteiger partial charge on any atom is -0.00139 e. The van der Waals surface area contributed by atoms with Crippen LogP contribution in [0.25, 0.3) is 76.1 Å². The van der Waals surface area contributed by atoms with E-state index < -0.39 is 0 Å². The second-order valence-electron chi connectivity index (χ2n) is 9.68. The summed E-state index contributed by atoms with van der Waals surface area (Å²) in [6.45, 7) is 0. The molecular weight excluding hydrogens is 432 g/mol. The average molecular weight is 455 g/mol. The molecule has 0 aliphatic rings. The van der Waals surface area contributed by atoms with E-state index in [0.717, 1.165) is 0 Å². The third-order valence-electron chi connectivity index (χ3n) is 7.80. The van der Waals surface area contributed by atoms with Crippen LogP contribution >= 0.6 is 0 Å². The molecule has 36 heavy (non-hydrogen) atoms. The highest BCUT2D eigenvalue weighted by atomic mass is 14.2. The van der Waals surface area contributed by atoms with Gasteiger partial charge in [0, 0.05) is 0 Å². The van der Waals surface area contributed by atoms with Crippen LogP contribution in [0.5, 0.6) is 0 Å². The van der Waals surface area contributed by atoms with Crippen molar-refractivity contribution >= 4 is 53.9 Å². The lowest BCUT2D eigenvalue weighted by Gasteiger charge is -2.20. The molecule has 0 aliphatic carbocycles. The number of fused-ring (bicyclic) bond motifs is 4. The summed E-state index contributed by atoms with van der Waals surface area (Å²) in [5.41, 5.74) is 5.07. The van der Waals surface area contributed by atoms with Crippen molar-refractivity contribution < 1.29 is 0 Å². The quantitative estimate of drug-likeness (QED) is 0.180. The summed E-state index contributed by atoms with van der Waals surface area (Å²) in [6.07, 6.45) is 0. The molecule has 8 rings (SSSR count). The molecule has 0 radical (unpaired) electrons. The molecule has 0 unspecified atom stereocenters. The van der Waals surface area contributed by atoms with E-state index in [-0.39, 0.29) is 0 Å². The highest BCUT2D eigenvalue weighted by Gasteiger charge is 2.19. The molecule has 0 spiro atoms. The minimum atomic E-state index is 1.25. The van der Waals surface area contributed by atoms with E-state index in [2.05, 4.69) is 133 Å². The van der Waals surface area contributed by atoms with E-state index in [0.29, 0.717) is 0 Å². The zero-order chi connectivity index (χ0) is 23.6. The fourth-order valence-corrected chi connectivity index (χ4v) is 6.26. The van der Waals surface area contributed by atoms with E-state index in [9.17, 15) is 0 Å². The number of rotatable bonds is 2. The molecular formula is C36H22. The molecule has 8 aromatic rings. The van der Waals surface area contributed by atoms with Gasteiger partial charge in [-0.05, 0) is 82.2 Å². The fraction of sp³-hybridized carbons (Fsp3) is 0. The van der Waals surface area contributed by atoms with Crippen LogP contribution in [0, 0.1) is 0 Å². The predicted molar refractivity (Wildman–Crippen MR) is 156 cm³/mol. The van der Waals surface area contributed by atoms with Gasteiger partial charge < -0.3 is 0 Å². The van der Waals surface area contributed by atoms with Gasteiger partial charge in [0.05, 0.1) is 0 Å². The zero-order valence-electron chi connectivity index (χ0n) is 19.7. The van der Waals surface area contributed by atoms with Crippen LogP contribution in [0.2, 0.25) is 0 Å². The summed E-state index contributed by atoms with van der Waals surface area (Å²) in [5.74, 6) is 0. The van der Waals surface area contributed by atoms with Gasteiger partial charge in [-0.3, -0.25) is 0 Å². The Morgan fingerprint density at radius 1 is 0.278 bits per heavy atom. The van der Waals surface area contributed by atoms with Crippen molar-refractivity contribution in [1.29, 1.82) is 0 Å². The SMILES string of the molecule is c1ccc(-c2ccc3c4cccc5c6ccccc6cc(c6ccc(-c7ccccc7)c2c36)c54)cc1. The maximum atomic E-state index is 2.40. The number of hydrogen-bond donors (Lipinski definition) is 0. The average Bonchev–Trinajstić information content (AvgIpc) is 2.96. The van der Waals surface area contributed by atoms with Crippen molar-refractivity contribution in [3.05, 3.63) is 133 Å². The van der Waals surface area contributed by atoms with Crippen molar-refractivity contribution in [3.63, 3.8) is 0 Å². The van der Waals surface area contributed by atoms with E-state index in [4.69, 9.17) is 0 Å². The Bertz CT molecular complexity index is 2020. The molecule has 0 fully saturated rings. The second kappa shape index (κ2) is 7.41. The van der Waals surface area contributed by atoms with Gasteiger partial charge in [0.25, 0.3) is 0 Å². The van der Waals surface area contributed by atoms with Gasteiger partial charge in [0.2, 0.25) is 0 Å². The Hall–Kier alpha value is -4.68. The molecule has 0 amide bonds. The maximum absolute atomic E-state index is 2.40. The Labute approximate surface area is 209 Å². The first-order valence-corrected chi connectivity index (χ1v) is 12.5. The van der Waals surface area contributed by atoms with Crippen molar-refractivity contribution in [1.82, 2.24) is 0 Å². The molecule has 166 valence electrons. The lowest BCUT2D eigenvalue weighted by atomic mass is 9.83. The van der Waals surface area contributed by atoms with Gasteiger partial charge in [-0.2, -0.15) is 0 Å². The highest BCUT2D eigenvalue weighted by molar-refractivity contribution is 6.38. The first-order chi connectivity index (χ1) is 17.9. The second-order valence-corrected chi connectivity index (χ2v) is 9.68.